The van der Waals surface area contributed by atoms with Crippen molar-refractivity contribution >= 4 is 5.82 Å². The number of pyridine rings is 2. The van der Waals surface area contributed by atoms with Gasteiger partial charge in [0.25, 0.3) is 0 Å². The molecule has 3 aromatic heterocycles. The van der Waals surface area contributed by atoms with Gasteiger partial charge in [-0.2, -0.15) is 5.10 Å². The summed E-state index contributed by atoms with van der Waals surface area (Å²) in [5.41, 5.74) is 3.53. The maximum absolute atomic E-state index is 9.41. The van der Waals surface area contributed by atoms with Crippen molar-refractivity contribution in [3.8, 4) is 22.9 Å². The van der Waals surface area contributed by atoms with Gasteiger partial charge in [0.15, 0.2) is 11.6 Å². The second-order valence-corrected chi connectivity index (χ2v) is 7.55. The molecule has 0 bridgehead atoms. The van der Waals surface area contributed by atoms with E-state index in [0.29, 0.717) is 12.4 Å². The van der Waals surface area contributed by atoms with Crippen molar-refractivity contribution in [2.75, 3.05) is 37.6 Å². The van der Waals surface area contributed by atoms with Crippen molar-refractivity contribution in [2.45, 2.75) is 33.9 Å². The molecule has 1 fully saturated rings. The monoisotopic (exact) mass is 407 g/mol. The van der Waals surface area contributed by atoms with Gasteiger partial charge in [-0.3, -0.25) is 4.98 Å². The second-order valence-electron chi connectivity index (χ2n) is 7.55. The fourth-order valence-corrected chi connectivity index (χ4v) is 3.77. The van der Waals surface area contributed by atoms with Crippen LogP contribution in [0.4, 0.5) is 5.82 Å². The van der Waals surface area contributed by atoms with Gasteiger partial charge in [-0.15, -0.1) is 0 Å². The molecule has 8 heteroatoms. The Bertz CT molecular complexity index is 1010. The zero-order valence-corrected chi connectivity index (χ0v) is 17.9. The number of anilines is 1. The maximum Gasteiger partial charge on any atom is 0.182 e. The molecule has 1 saturated heterocycles. The van der Waals surface area contributed by atoms with Crippen LogP contribution in [0.15, 0.2) is 30.6 Å². The molecule has 1 aliphatic rings. The Kier molecular flexibility index (Phi) is 6.06. The van der Waals surface area contributed by atoms with Crippen LogP contribution in [0.25, 0.3) is 22.9 Å². The topological polar surface area (TPSA) is 83.2 Å². The van der Waals surface area contributed by atoms with E-state index in [2.05, 4.69) is 32.8 Å². The minimum absolute atomic E-state index is 0.0167. The Balaban J connectivity index is 1.63. The van der Waals surface area contributed by atoms with Crippen LogP contribution in [-0.4, -0.2) is 67.5 Å². The Morgan fingerprint density at radius 1 is 1.03 bits per heavy atom. The minimum Gasteiger partial charge on any atom is -0.392 e. The lowest BCUT2D eigenvalue weighted by Crippen LogP contribution is -2.46. The first-order valence-electron chi connectivity index (χ1n) is 10.6. The Morgan fingerprint density at radius 3 is 2.50 bits per heavy atom. The highest BCUT2D eigenvalue weighted by atomic mass is 16.3. The summed E-state index contributed by atoms with van der Waals surface area (Å²) in [6, 6.07) is 5.99. The van der Waals surface area contributed by atoms with Gasteiger partial charge in [0.2, 0.25) is 0 Å². The van der Waals surface area contributed by atoms with Crippen molar-refractivity contribution in [1.29, 1.82) is 0 Å². The Labute approximate surface area is 177 Å². The van der Waals surface area contributed by atoms with Gasteiger partial charge in [0.1, 0.15) is 11.5 Å². The highest BCUT2D eigenvalue weighted by molar-refractivity contribution is 5.63. The molecule has 0 radical (unpaired) electrons. The summed E-state index contributed by atoms with van der Waals surface area (Å²) in [7, 11) is 0. The quantitative estimate of drug-likeness (QED) is 0.672. The normalized spacial score (nSPS) is 15.0. The SMILES string of the molecule is CCN1CCN(c2cc(-c3nc(-c4cc(C)c(CO)cn4)n(CC)n3)ccn2)CC1. The van der Waals surface area contributed by atoms with Crippen LogP contribution in [-0.2, 0) is 13.2 Å². The first kappa shape index (κ1) is 20.4. The summed E-state index contributed by atoms with van der Waals surface area (Å²) >= 11 is 0. The number of hydrogen-bond donors (Lipinski definition) is 1. The van der Waals surface area contributed by atoms with Gasteiger partial charge in [0, 0.05) is 50.7 Å². The molecule has 158 valence electrons. The van der Waals surface area contributed by atoms with Gasteiger partial charge in [-0.05, 0) is 49.7 Å². The molecule has 0 saturated carbocycles. The van der Waals surface area contributed by atoms with E-state index in [-0.39, 0.29) is 6.61 Å². The summed E-state index contributed by atoms with van der Waals surface area (Å²) in [6.07, 6.45) is 3.54. The van der Waals surface area contributed by atoms with E-state index in [0.717, 1.165) is 66.8 Å². The molecule has 1 aliphatic heterocycles. The summed E-state index contributed by atoms with van der Waals surface area (Å²) in [5, 5.41) is 14.1. The predicted octanol–water partition coefficient (Wildman–Crippen LogP) is 2.36. The van der Waals surface area contributed by atoms with Gasteiger partial charge < -0.3 is 14.9 Å². The zero-order valence-electron chi connectivity index (χ0n) is 17.9. The third-order valence-electron chi connectivity index (χ3n) is 5.74. The standard InChI is InChI=1S/C22H29N7O/c1-4-27-8-10-28(11-9-27)20-13-17(6-7-23-20)21-25-22(29(5-2)26-21)19-12-16(3)18(15-30)14-24-19/h6-7,12-14,30H,4-5,8-11,15H2,1-3H3. The number of aromatic nitrogens is 5. The maximum atomic E-state index is 9.41. The number of nitrogens with zero attached hydrogens (tertiary/aromatic N) is 7. The Hall–Kier alpha value is -2.84. The number of piperazine rings is 1. The fourth-order valence-electron chi connectivity index (χ4n) is 3.77. The molecule has 0 spiro atoms. The second kappa shape index (κ2) is 8.89. The molecule has 0 unspecified atom stereocenters. The number of aliphatic hydroxyl groups is 1. The first-order chi connectivity index (χ1) is 14.6. The molecule has 4 rings (SSSR count). The van der Waals surface area contributed by atoms with E-state index in [4.69, 9.17) is 10.1 Å². The molecule has 1 N–H and O–H groups in total. The van der Waals surface area contributed by atoms with Gasteiger partial charge >= 0.3 is 0 Å². The lowest BCUT2D eigenvalue weighted by Gasteiger charge is -2.34. The molecule has 3 aromatic rings. The summed E-state index contributed by atoms with van der Waals surface area (Å²) in [5.74, 6) is 2.38. The molecule has 8 nitrogen and oxygen atoms in total. The van der Waals surface area contributed by atoms with Gasteiger partial charge in [-0.1, -0.05) is 6.92 Å². The van der Waals surface area contributed by atoms with E-state index in [1.165, 1.54) is 0 Å². The van der Waals surface area contributed by atoms with Crippen LogP contribution in [0, 0.1) is 6.92 Å². The molecule has 30 heavy (non-hydrogen) atoms. The number of aryl methyl sites for hydroxylation is 2. The lowest BCUT2D eigenvalue weighted by molar-refractivity contribution is 0.270. The summed E-state index contributed by atoms with van der Waals surface area (Å²) < 4.78 is 1.87. The summed E-state index contributed by atoms with van der Waals surface area (Å²) in [4.78, 5) is 18.7. The van der Waals surface area contributed by atoms with Crippen molar-refractivity contribution < 1.29 is 5.11 Å². The molecule has 0 aliphatic carbocycles. The number of aliphatic hydroxyl groups excluding tert-OH is 1. The van der Waals surface area contributed by atoms with Crippen molar-refractivity contribution in [3.63, 3.8) is 0 Å². The summed E-state index contributed by atoms with van der Waals surface area (Å²) in [6.45, 7) is 12.1. The first-order valence-corrected chi connectivity index (χ1v) is 10.6. The van der Waals surface area contributed by atoms with Crippen LogP contribution in [0.2, 0.25) is 0 Å². The van der Waals surface area contributed by atoms with Crippen LogP contribution in [0.5, 0.6) is 0 Å². The van der Waals surface area contributed by atoms with E-state index in [9.17, 15) is 5.11 Å². The number of hydrogen-bond acceptors (Lipinski definition) is 7. The van der Waals surface area contributed by atoms with Gasteiger partial charge in [-0.25, -0.2) is 14.6 Å². The third-order valence-corrected chi connectivity index (χ3v) is 5.74. The van der Waals surface area contributed by atoms with Gasteiger partial charge in [0.05, 0.1) is 6.61 Å². The van der Waals surface area contributed by atoms with Crippen molar-refractivity contribution in [1.82, 2.24) is 29.6 Å². The highest BCUT2D eigenvalue weighted by Crippen LogP contribution is 2.25. The highest BCUT2D eigenvalue weighted by Gasteiger charge is 2.19. The average molecular weight is 408 g/mol. The Morgan fingerprint density at radius 2 is 1.83 bits per heavy atom. The van der Waals surface area contributed by atoms with Crippen molar-refractivity contribution in [3.05, 3.63) is 41.7 Å². The average Bonchev–Trinajstić information content (AvgIpc) is 3.24. The molecule has 0 atom stereocenters. The lowest BCUT2D eigenvalue weighted by atomic mass is 10.1. The molecule has 0 amide bonds. The van der Waals surface area contributed by atoms with E-state index < -0.39 is 0 Å². The molecule has 4 heterocycles. The predicted molar refractivity (Wildman–Crippen MR) is 117 cm³/mol. The van der Waals surface area contributed by atoms with Crippen LogP contribution >= 0.6 is 0 Å². The van der Waals surface area contributed by atoms with Crippen LogP contribution in [0.1, 0.15) is 25.0 Å². The largest absolute Gasteiger partial charge is 0.392 e. The van der Waals surface area contributed by atoms with E-state index >= 15 is 0 Å². The zero-order chi connectivity index (χ0) is 21.1. The molecular weight excluding hydrogens is 378 g/mol. The molecule has 0 aromatic carbocycles. The van der Waals surface area contributed by atoms with E-state index in [1.54, 1.807) is 6.20 Å². The van der Waals surface area contributed by atoms with Crippen LogP contribution < -0.4 is 4.90 Å². The van der Waals surface area contributed by atoms with Crippen LogP contribution in [0.3, 0.4) is 0 Å². The smallest absolute Gasteiger partial charge is 0.182 e. The van der Waals surface area contributed by atoms with E-state index in [1.807, 2.05) is 36.9 Å². The molecular formula is C22H29N7O. The van der Waals surface area contributed by atoms with Crippen molar-refractivity contribution in [2.24, 2.45) is 0 Å². The number of rotatable bonds is 6. The fraction of sp³-hybridized carbons (Fsp3) is 0.455. The minimum atomic E-state index is -0.0167. The number of likely N-dealkylation sites (N-methyl/N-ethyl adjacent to an activating group) is 1. The third kappa shape index (κ3) is 4.06.